The maximum absolute atomic E-state index is 14.2. The van der Waals surface area contributed by atoms with Gasteiger partial charge < -0.3 is 9.47 Å². The van der Waals surface area contributed by atoms with Crippen LogP contribution in [0.2, 0.25) is 51.4 Å². The van der Waals surface area contributed by atoms with Crippen LogP contribution in [-0.4, -0.2) is 69.6 Å². The lowest BCUT2D eigenvalue weighted by atomic mass is 9.82. The van der Waals surface area contributed by atoms with Crippen molar-refractivity contribution in [3.8, 4) is 0 Å². The first-order chi connectivity index (χ1) is 24.9. The van der Waals surface area contributed by atoms with Gasteiger partial charge >= 0.3 is 0 Å². The fraction of sp³-hybridized carbons (Fsp3) is 0.489. The molecule has 3 rings (SSSR count). The van der Waals surface area contributed by atoms with Crippen LogP contribution in [-0.2, 0) is 25.5 Å². The highest BCUT2D eigenvalue weighted by atomic mass is 28.3. The Morgan fingerprint density at radius 1 is 0.906 bits per heavy atom. The van der Waals surface area contributed by atoms with E-state index in [1.165, 1.54) is 10.5 Å². The molecule has 8 heteroatoms. The van der Waals surface area contributed by atoms with E-state index in [1.54, 1.807) is 30.3 Å². The van der Waals surface area contributed by atoms with Crippen molar-refractivity contribution in [1.29, 1.82) is 0 Å². The molecular formula is C45H65NO5Si2. The molecule has 53 heavy (non-hydrogen) atoms. The van der Waals surface area contributed by atoms with Crippen LogP contribution in [0.25, 0.3) is 0 Å². The average Bonchev–Trinajstić information content (AvgIpc) is 3.43. The number of imide groups is 1. The predicted molar refractivity (Wildman–Crippen MR) is 226 cm³/mol. The highest BCUT2D eigenvalue weighted by Gasteiger charge is 2.43. The van der Waals surface area contributed by atoms with Crippen LogP contribution >= 0.6 is 0 Å². The van der Waals surface area contributed by atoms with Crippen molar-refractivity contribution in [1.82, 2.24) is 4.90 Å². The third kappa shape index (κ3) is 14.4. The molecule has 6 nitrogen and oxygen atoms in total. The summed E-state index contributed by atoms with van der Waals surface area (Å²) in [5.74, 6) is -1.09. The van der Waals surface area contributed by atoms with Crippen LogP contribution in [0.1, 0.15) is 62.9 Å². The van der Waals surface area contributed by atoms with Gasteiger partial charge in [0.15, 0.2) is 5.78 Å². The summed E-state index contributed by atoms with van der Waals surface area (Å²) in [6, 6.07) is 20.0. The lowest BCUT2D eigenvalue weighted by molar-refractivity contribution is -0.156. The molecule has 0 radical (unpaired) electrons. The van der Waals surface area contributed by atoms with E-state index in [2.05, 4.69) is 90.4 Å². The van der Waals surface area contributed by atoms with Gasteiger partial charge in [0.1, 0.15) is 0 Å². The maximum atomic E-state index is 14.2. The van der Waals surface area contributed by atoms with E-state index in [0.29, 0.717) is 31.6 Å². The Labute approximate surface area is 322 Å². The Morgan fingerprint density at radius 2 is 1.51 bits per heavy atom. The molecule has 0 N–H and O–H groups in total. The monoisotopic (exact) mass is 755 g/mol. The zero-order valence-electron chi connectivity index (χ0n) is 34.1. The van der Waals surface area contributed by atoms with Gasteiger partial charge in [-0.3, -0.25) is 19.3 Å². The third-order valence-corrected chi connectivity index (χ3v) is 13.3. The molecule has 0 aliphatic carbocycles. The topological polar surface area (TPSA) is 72.9 Å². The van der Waals surface area contributed by atoms with Crippen molar-refractivity contribution in [2.75, 3.05) is 13.2 Å². The standard InChI is InChI=1S/C45H65NO5Si2/c1-11-35(2)21-15-12-16-22-36(3)42(50-29-31-52(5,6)7)45(4,51-30-32-53(8,9)10)28-27-41(47)40-34-39(33-37-23-17-13-18-24-37)46(44(40)49)43(48)38-25-19-14-20-26-38/h11-21,23-26,34,36,39,42H,22,27-33H2,1-10H3/b16-12+,21-15+,35-11+/t36-,39-,42-,45+/m0/s1. The number of ether oxygens (including phenoxy) is 2. The van der Waals surface area contributed by atoms with Crippen LogP contribution in [0.15, 0.2) is 108 Å². The van der Waals surface area contributed by atoms with E-state index < -0.39 is 39.6 Å². The third-order valence-electron chi connectivity index (χ3n) is 9.94. The van der Waals surface area contributed by atoms with Crippen LogP contribution in [0.5, 0.6) is 0 Å². The minimum Gasteiger partial charge on any atom is -0.375 e. The van der Waals surface area contributed by atoms with E-state index in [0.717, 1.165) is 24.1 Å². The van der Waals surface area contributed by atoms with E-state index in [9.17, 15) is 14.4 Å². The molecular weight excluding hydrogens is 691 g/mol. The second kappa shape index (κ2) is 20.3. The summed E-state index contributed by atoms with van der Waals surface area (Å²) in [4.78, 5) is 43.2. The van der Waals surface area contributed by atoms with Crippen molar-refractivity contribution < 1.29 is 23.9 Å². The molecule has 0 saturated heterocycles. The molecule has 1 aliphatic rings. The zero-order valence-corrected chi connectivity index (χ0v) is 36.1. The smallest absolute Gasteiger partial charge is 0.264 e. The summed E-state index contributed by atoms with van der Waals surface area (Å²) in [5.41, 5.74) is 1.91. The van der Waals surface area contributed by atoms with Gasteiger partial charge in [-0.1, -0.05) is 131 Å². The predicted octanol–water partition coefficient (Wildman–Crippen LogP) is 10.5. The quantitative estimate of drug-likeness (QED) is 0.0549. The van der Waals surface area contributed by atoms with Crippen molar-refractivity contribution >= 4 is 33.7 Å². The lowest BCUT2D eigenvalue weighted by Crippen LogP contribution is -2.49. The van der Waals surface area contributed by atoms with Crippen LogP contribution < -0.4 is 0 Å². The number of carbonyl (C=O) groups excluding carboxylic acids is 3. The first kappa shape index (κ1) is 44.0. The van der Waals surface area contributed by atoms with Gasteiger partial charge in [0.2, 0.25) is 0 Å². The van der Waals surface area contributed by atoms with Gasteiger partial charge in [-0.05, 0) is 81.8 Å². The molecule has 2 aromatic carbocycles. The number of hydrogen-bond donors (Lipinski definition) is 0. The lowest BCUT2D eigenvalue weighted by Gasteiger charge is -2.41. The Bertz CT molecular complexity index is 1620. The number of nitrogens with zero attached hydrogens (tertiary/aromatic N) is 1. The summed E-state index contributed by atoms with van der Waals surface area (Å²) in [5, 5.41) is 0. The number of hydrogen-bond acceptors (Lipinski definition) is 5. The van der Waals surface area contributed by atoms with E-state index in [-0.39, 0.29) is 29.8 Å². The number of Topliss-reactive ketones (excluding diaryl/α,β-unsaturated/α-hetero) is 1. The van der Waals surface area contributed by atoms with Crippen molar-refractivity contribution in [3.05, 3.63) is 119 Å². The number of amides is 2. The summed E-state index contributed by atoms with van der Waals surface area (Å²) in [7, 11) is -2.79. The molecule has 0 spiro atoms. The number of ketones is 1. The molecule has 2 aromatic rings. The number of benzene rings is 2. The van der Waals surface area contributed by atoms with Gasteiger partial charge in [-0.2, -0.15) is 0 Å². The Kier molecular flexibility index (Phi) is 16.8. The van der Waals surface area contributed by atoms with Crippen LogP contribution in [0, 0.1) is 5.92 Å². The SMILES string of the molecule is C/C=C(C)/C=C/C=C/C[C@H](C)[C@H](OCC[Si](C)(C)C)[C@@](C)(CCC(=O)C1=C[C@H](Cc2ccccc2)N(C(=O)c2ccccc2)C1=O)OCC[Si](C)(C)C. The van der Waals surface area contributed by atoms with Gasteiger partial charge in [0.05, 0.1) is 23.3 Å². The van der Waals surface area contributed by atoms with E-state index in [1.807, 2.05) is 43.3 Å². The fourth-order valence-electron chi connectivity index (χ4n) is 6.42. The Hall–Kier alpha value is -3.44. The van der Waals surface area contributed by atoms with Crippen molar-refractivity contribution in [2.24, 2.45) is 5.92 Å². The maximum Gasteiger partial charge on any atom is 0.264 e. The van der Waals surface area contributed by atoms with Gasteiger partial charge in [-0.15, -0.1) is 0 Å². The highest BCUT2D eigenvalue weighted by molar-refractivity contribution is 6.76. The van der Waals surface area contributed by atoms with Crippen LogP contribution in [0.4, 0.5) is 0 Å². The number of allylic oxidation sites excluding steroid dienone is 6. The largest absolute Gasteiger partial charge is 0.375 e. The number of rotatable bonds is 21. The normalized spacial score (nSPS) is 18.0. The summed E-state index contributed by atoms with van der Waals surface area (Å²) >= 11 is 0. The molecule has 0 saturated carbocycles. The molecule has 0 unspecified atom stereocenters. The van der Waals surface area contributed by atoms with Crippen molar-refractivity contribution in [2.45, 2.75) is 122 Å². The molecule has 4 atom stereocenters. The molecule has 1 aliphatic heterocycles. The Balaban J connectivity index is 1.92. The summed E-state index contributed by atoms with van der Waals surface area (Å²) < 4.78 is 13.7. The fourth-order valence-corrected chi connectivity index (χ4v) is 7.86. The minimum atomic E-state index is -1.42. The Morgan fingerprint density at radius 3 is 2.11 bits per heavy atom. The first-order valence-electron chi connectivity index (χ1n) is 19.4. The molecule has 0 fully saturated rings. The average molecular weight is 756 g/mol. The molecule has 0 aromatic heterocycles. The highest BCUT2D eigenvalue weighted by Crippen LogP contribution is 2.34. The molecule has 2 amide bonds. The first-order valence-corrected chi connectivity index (χ1v) is 26.8. The number of carbonyl (C=O) groups is 3. The molecule has 1 heterocycles. The van der Waals surface area contributed by atoms with Crippen LogP contribution in [0.3, 0.4) is 0 Å². The van der Waals surface area contributed by atoms with Gasteiger partial charge in [-0.25, -0.2) is 0 Å². The van der Waals surface area contributed by atoms with Gasteiger partial charge in [0.25, 0.3) is 11.8 Å². The van der Waals surface area contributed by atoms with E-state index >= 15 is 0 Å². The van der Waals surface area contributed by atoms with Crippen molar-refractivity contribution in [3.63, 3.8) is 0 Å². The summed E-state index contributed by atoms with van der Waals surface area (Å²) in [6.07, 6.45) is 13.7. The molecule has 288 valence electrons. The summed E-state index contributed by atoms with van der Waals surface area (Å²) in [6.45, 7) is 23.7. The van der Waals surface area contributed by atoms with Gasteiger partial charge in [0, 0.05) is 41.3 Å². The second-order valence-corrected chi connectivity index (χ2v) is 28.5. The minimum absolute atomic E-state index is 0.0788. The second-order valence-electron chi connectivity index (χ2n) is 17.2. The van der Waals surface area contributed by atoms with E-state index in [4.69, 9.17) is 9.47 Å². The molecule has 0 bridgehead atoms. The zero-order chi connectivity index (χ0) is 39.2.